The first-order valence-corrected chi connectivity index (χ1v) is 5.34. The molecule has 1 atom stereocenters. The number of nitrogens with one attached hydrogen (secondary N) is 1. The van der Waals surface area contributed by atoms with Crippen molar-refractivity contribution in [3.63, 3.8) is 0 Å². The van der Waals surface area contributed by atoms with Gasteiger partial charge in [-0.15, -0.1) is 0 Å². The number of carbonyl (C=O) groups is 1. The van der Waals surface area contributed by atoms with Gasteiger partial charge in [-0.05, 0) is 37.1 Å². The lowest BCUT2D eigenvalue weighted by Crippen LogP contribution is -2.37. The van der Waals surface area contributed by atoms with Crippen LogP contribution in [0.3, 0.4) is 0 Å². The number of hydrogen-bond donors (Lipinski definition) is 2. The fraction of sp³-hybridized carbons (Fsp3) is 0.417. The monoisotopic (exact) mass is 225 g/mol. The van der Waals surface area contributed by atoms with Crippen molar-refractivity contribution in [1.29, 1.82) is 0 Å². The Kier molecular flexibility index (Phi) is 4.92. The van der Waals surface area contributed by atoms with Gasteiger partial charge in [-0.3, -0.25) is 4.79 Å². The summed E-state index contributed by atoms with van der Waals surface area (Å²) in [5, 5.41) is 11.7. The molecule has 16 heavy (non-hydrogen) atoms. The van der Waals surface area contributed by atoms with Crippen LogP contribution in [0.5, 0.6) is 0 Å². The van der Waals surface area contributed by atoms with Gasteiger partial charge in [-0.2, -0.15) is 0 Å². The second kappa shape index (κ2) is 6.23. The average Bonchev–Trinajstić information content (AvgIpc) is 2.24. The summed E-state index contributed by atoms with van der Waals surface area (Å²) in [5.74, 6) is -1.11. The third kappa shape index (κ3) is 3.98. The van der Waals surface area contributed by atoms with Crippen LogP contribution in [0.4, 0.5) is 4.39 Å². The van der Waals surface area contributed by atoms with Crippen molar-refractivity contribution < 1.29 is 14.3 Å². The number of benzene rings is 1. The number of halogens is 1. The second-order valence-corrected chi connectivity index (χ2v) is 3.63. The van der Waals surface area contributed by atoms with Crippen molar-refractivity contribution in [2.75, 3.05) is 6.54 Å². The minimum absolute atomic E-state index is 0.261. The van der Waals surface area contributed by atoms with Crippen LogP contribution in [0.15, 0.2) is 24.3 Å². The maximum Gasteiger partial charge on any atom is 0.320 e. The highest BCUT2D eigenvalue weighted by Gasteiger charge is 2.12. The molecule has 0 spiro atoms. The third-order valence-electron chi connectivity index (χ3n) is 2.40. The first-order chi connectivity index (χ1) is 7.63. The van der Waals surface area contributed by atoms with Crippen LogP contribution in [0.25, 0.3) is 0 Å². The number of hydrogen-bond acceptors (Lipinski definition) is 2. The largest absolute Gasteiger partial charge is 0.480 e. The van der Waals surface area contributed by atoms with Crippen LogP contribution in [0.1, 0.15) is 18.9 Å². The Balaban J connectivity index is 2.38. The first kappa shape index (κ1) is 12.6. The zero-order valence-electron chi connectivity index (χ0n) is 9.24. The summed E-state index contributed by atoms with van der Waals surface area (Å²) >= 11 is 0. The van der Waals surface area contributed by atoms with E-state index in [-0.39, 0.29) is 5.82 Å². The summed E-state index contributed by atoms with van der Waals surface area (Å²) in [7, 11) is 0. The van der Waals surface area contributed by atoms with Gasteiger partial charge in [0, 0.05) is 0 Å². The lowest BCUT2D eigenvalue weighted by Gasteiger charge is -2.11. The standard InChI is InChI=1S/C12H16FNO2/c1-2-11(12(15)16)14-7-6-9-4-3-5-10(13)8-9/h3-5,8,11,14H,2,6-7H2,1H3,(H,15,16). The number of carboxylic acid groups (broad SMARTS) is 1. The van der Waals surface area contributed by atoms with E-state index < -0.39 is 12.0 Å². The van der Waals surface area contributed by atoms with E-state index in [9.17, 15) is 9.18 Å². The van der Waals surface area contributed by atoms with Crippen molar-refractivity contribution in [2.45, 2.75) is 25.8 Å². The molecule has 88 valence electrons. The van der Waals surface area contributed by atoms with E-state index in [0.717, 1.165) is 5.56 Å². The van der Waals surface area contributed by atoms with Crippen molar-refractivity contribution in [2.24, 2.45) is 0 Å². The Morgan fingerprint density at radius 1 is 1.56 bits per heavy atom. The summed E-state index contributed by atoms with van der Waals surface area (Å²) in [6, 6.07) is 5.81. The molecule has 2 N–H and O–H groups in total. The van der Waals surface area contributed by atoms with Gasteiger partial charge in [0.15, 0.2) is 0 Å². The van der Waals surface area contributed by atoms with E-state index in [0.29, 0.717) is 19.4 Å². The molecule has 1 unspecified atom stereocenters. The van der Waals surface area contributed by atoms with Crippen LogP contribution >= 0.6 is 0 Å². The van der Waals surface area contributed by atoms with Gasteiger partial charge in [0.05, 0.1) is 0 Å². The van der Waals surface area contributed by atoms with Crippen LogP contribution in [-0.4, -0.2) is 23.7 Å². The van der Waals surface area contributed by atoms with E-state index in [4.69, 9.17) is 5.11 Å². The van der Waals surface area contributed by atoms with Gasteiger partial charge in [0.2, 0.25) is 0 Å². The molecule has 0 saturated carbocycles. The highest BCUT2D eigenvalue weighted by atomic mass is 19.1. The highest BCUT2D eigenvalue weighted by molar-refractivity contribution is 5.73. The lowest BCUT2D eigenvalue weighted by atomic mass is 10.1. The van der Waals surface area contributed by atoms with Crippen LogP contribution < -0.4 is 5.32 Å². The molecule has 0 radical (unpaired) electrons. The zero-order chi connectivity index (χ0) is 12.0. The molecule has 0 aliphatic rings. The normalized spacial score (nSPS) is 12.4. The van der Waals surface area contributed by atoms with E-state index in [2.05, 4.69) is 5.32 Å². The van der Waals surface area contributed by atoms with E-state index in [1.807, 2.05) is 13.0 Å². The van der Waals surface area contributed by atoms with Crippen LogP contribution in [0.2, 0.25) is 0 Å². The molecule has 1 aromatic carbocycles. The quantitative estimate of drug-likeness (QED) is 0.776. The van der Waals surface area contributed by atoms with E-state index in [1.165, 1.54) is 12.1 Å². The van der Waals surface area contributed by atoms with Crippen molar-refractivity contribution in [1.82, 2.24) is 5.32 Å². The molecule has 0 amide bonds. The maximum atomic E-state index is 12.8. The Bertz CT molecular complexity index is 355. The molecule has 3 nitrogen and oxygen atoms in total. The summed E-state index contributed by atoms with van der Waals surface area (Å²) in [6.07, 6.45) is 1.17. The van der Waals surface area contributed by atoms with Gasteiger partial charge in [-0.1, -0.05) is 19.1 Å². The molecule has 4 heteroatoms. The number of carboxylic acids is 1. The number of rotatable bonds is 6. The van der Waals surface area contributed by atoms with Crippen molar-refractivity contribution in [3.05, 3.63) is 35.6 Å². The molecule has 0 aromatic heterocycles. The summed E-state index contributed by atoms with van der Waals surface area (Å²) in [5.41, 5.74) is 0.868. The molecule has 1 rings (SSSR count). The van der Waals surface area contributed by atoms with Crippen molar-refractivity contribution in [3.8, 4) is 0 Å². The third-order valence-corrected chi connectivity index (χ3v) is 2.40. The van der Waals surface area contributed by atoms with Gasteiger partial charge < -0.3 is 10.4 Å². The summed E-state index contributed by atoms with van der Waals surface area (Å²) < 4.78 is 12.8. The Morgan fingerprint density at radius 3 is 2.88 bits per heavy atom. The molecular formula is C12H16FNO2. The van der Waals surface area contributed by atoms with E-state index >= 15 is 0 Å². The predicted octanol–water partition coefficient (Wildman–Crippen LogP) is 1.82. The second-order valence-electron chi connectivity index (χ2n) is 3.63. The maximum absolute atomic E-state index is 12.8. The topological polar surface area (TPSA) is 49.3 Å². The Hall–Kier alpha value is -1.42. The SMILES string of the molecule is CCC(NCCc1cccc(F)c1)C(=O)O. The van der Waals surface area contributed by atoms with E-state index in [1.54, 1.807) is 6.07 Å². The van der Waals surface area contributed by atoms with Gasteiger partial charge >= 0.3 is 5.97 Å². The zero-order valence-corrected chi connectivity index (χ0v) is 9.24. The highest BCUT2D eigenvalue weighted by Crippen LogP contribution is 2.03. The smallest absolute Gasteiger partial charge is 0.320 e. The van der Waals surface area contributed by atoms with Gasteiger partial charge in [-0.25, -0.2) is 4.39 Å². The molecule has 0 aliphatic carbocycles. The average molecular weight is 225 g/mol. The summed E-state index contributed by atoms with van der Waals surface area (Å²) in [6.45, 7) is 2.35. The van der Waals surface area contributed by atoms with Crippen LogP contribution in [0, 0.1) is 5.82 Å². The molecular weight excluding hydrogens is 209 g/mol. The minimum Gasteiger partial charge on any atom is -0.480 e. The van der Waals surface area contributed by atoms with Crippen molar-refractivity contribution >= 4 is 5.97 Å². The fourth-order valence-electron chi connectivity index (χ4n) is 1.49. The minimum atomic E-state index is -0.846. The lowest BCUT2D eigenvalue weighted by molar-refractivity contribution is -0.139. The molecule has 0 heterocycles. The van der Waals surface area contributed by atoms with Gasteiger partial charge in [0.1, 0.15) is 11.9 Å². The fourth-order valence-corrected chi connectivity index (χ4v) is 1.49. The molecule has 1 aromatic rings. The first-order valence-electron chi connectivity index (χ1n) is 5.34. The van der Waals surface area contributed by atoms with Gasteiger partial charge in [0.25, 0.3) is 0 Å². The molecule has 0 bridgehead atoms. The number of aliphatic carboxylic acids is 1. The summed E-state index contributed by atoms with van der Waals surface area (Å²) in [4.78, 5) is 10.7. The predicted molar refractivity (Wildman–Crippen MR) is 59.8 cm³/mol. The Morgan fingerprint density at radius 2 is 2.31 bits per heavy atom. The Labute approximate surface area is 94.3 Å². The molecule has 0 aliphatic heterocycles. The molecule has 0 fully saturated rings. The van der Waals surface area contributed by atoms with Crippen LogP contribution in [-0.2, 0) is 11.2 Å². The molecule has 0 saturated heterocycles.